The fraction of sp³-hybridized carbons (Fsp3) is 0.400. The maximum Gasteiger partial charge on any atom is 0.255 e. The molecule has 1 aliphatic rings. The van der Waals surface area contributed by atoms with E-state index in [-0.39, 0.29) is 6.10 Å². The van der Waals surface area contributed by atoms with Crippen LogP contribution in [0, 0.1) is 0 Å². The zero-order valence-electron chi connectivity index (χ0n) is 11.6. The van der Waals surface area contributed by atoms with Crippen molar-refractivity contribution < 1.29 is 9.26 Å². The average Bonchev–Trinajstić information content (AvgIpc) is 3.25. The zero-order chi connectivity index (χ0) is 14.1. The SMILES string of the molecule is c1ccc2c(c1)ncn2CCc1noc([C@H]2CCCO2)n1. The minimum Gasteiger partial charge on any atom is -0.368 e. The average molecular weight is 284 g/mol. The summed E-state index contributed by atoms with van der Waals surface area (Å²) in [6, 6.07) is 8.09. The second-order valence-corrected chi connectivity index (χ2v) is 5.23. The van der Waals surface area contributed by atoms with Gasteiger partial charge in [-0.1, -0.05) is 17.3 Å². The molecule has 0 unspecified atom stereocenters. The molecule has 3 aromatic rings. The summed E-state index contributed by atoms with van der Waals surface area (Å²) in [5, 5.41) is 4.04. The molecule has 0 spiro atoms. The van der Waals surface area contributed by atoms with Gasteiger partial charge in [0.2, 0.25) is 0 Å². The molecular weight excluding hydrogens is 268 g/mol. The summed E-state index contributed by atoms with van der Waals surface area (Å²) in [6.07, 6.45) is 4.58. The topological polar surface area (TPSA) is 66.0 Å². The molecule has 21 heavy (non-hydrogen) atoms. The summed E-state index contributed by atoms with van der Waals surface area (Å²) < 4.78 is 13.0. The summed E-state index contributed by atoms with van der Waals surface area (Å²) >= 11 is 0. The van der Waals surface area contributed by atoms with Crippen LogP contribution in [0.25, 0.3) is 11.0 Å². The lowest BCUT2D eigenvalue weighted by molar-refractivity contribution is 0.0835. The van der Waals surface area contributed by atoms with E-state index in [1.54, 1.807) is 0 Å². The molecule has 0 N–H and O–H groups in total. The first-order valence-electron chi connectivity index (χ1n) is 7.24. The standard InChI is InChI=1S/C15H16N4O2/c1-2-5-12-11(4-1)16-10-19(12)8-7-14-17-15(21-18-14)13-6-3-9-20-13/h1-2,4-5,10,13H,3,6-9H2/t13-/m1/s1. The lowest BCUT2D eigenvalue weighted by atomic mass is 10.2. The molecule has 0 saturated carbocycles. The number of para-hydroxylation sites is 2. The highest BCUT2D eigenvalue weighted by Crippen LogP contribution is 2.27. The third-order valence-electron chi connectivity index (χ3n) is 3.79. The van der Waals surface area contributed by atoms with Crippen LogP contribution < -0.4 is 0 Å². The molecule has 1 atom stereocenters. The van der Waals surface area contributed by atoms with E-state index in [0.717, 1.165) is 49.3 Å². The summed E-state index contributed by atoms with van der Waals surface area (Å²) in [7, 11) is 0. The highest BCUT2D eigenvalue weighted by atomic mass is 16.5. The Hall–Kier alpha value is -2.21. The molecule has 0 bridgehead atoms. The van der Waals surface area contributed by atoms with Gasteiger partial charge in [0.25, 0.3) is 5.89 Å². The number of aryl methyl sites for hydroxylation is 2. The largest absolute Gasteiger partial charge is 0.368 e. The normalized spacial score (nSPS) is 18.6. The van der Waals surface area contributed by atoms with Crippen molar-refractivity contribution in [1.29, 1.82) is 0 Å². The molecule has 1 aromatic carbocycles. The Morgan fingerprint density at radius 3 is 3.14 bits per heavy atom. The Labute approximate surface area is 121 Å². The van der Waals surface area contributed by atoms with Crippen molar-refractivity contribution in [3.8, 4) is 0 Å². The summed E-state index contributed by atoms with van der Waals surface area (Å²) in [5.74, 6) is 1.33. The Balaban J connectivity index is 1.47. The third-order valence-corrected chi connectivity index (χ3v) is 3.79. The fourth-order valence-electron chi connectivity index (χ4n) is 2.68. The molecule has 4 rings (SSSR count). The first-order valence-corrected chi connectivity index (χ1v) is 7.24. The number of rotatable bonds is 4. The predicted octanol–water partition coefficient (Wildman–Crippen LogP) is 2.51. The first kappa shape index (κ1) is 12.5. The molecule has 0 aliphatic carbocycles. The molecule has 0 radical (unpaired) electrons. The van der Waals surface area contributed by atoms with Crippen molar-refractivity contribution in [2.24, 2.45) is 0 Å². The Morgan fingerprint density at radius 2 is 2.24 bits per heavy atom. The molecule has 1 fully saturated rings. The molecular formula is C15H16N4O2. The summed E-state index contributed by atoms with van der Waals surface area (Å²) in [5.41, 5.74) is 2.13. The number of nitrogens with zero attached hydrogens (tertiary/aromatic N) is 4. The van der Waals surface area contributed by atoms with Gasteiger partial charge in [-0.2, -0.15) is 4.98 Å². The predicted molar refractivity (Wildman–Crippen MR) is 75.7 cm³/mol. The number of hydrogen-bond acceptors (Lipinski definition) is 5. The van der Waals surface area contributed by atoms with Crippen LogP contribution in [-0.4, -0.2) is 26.3 Å². The van der Waals surface area contributed by atoms with Gasteiger partial charge in [0, 0.05) is 19.6 Å². The zero-order valence-corrected chi connectivity index (χ0v) is 11.6. The van der Waals surface area contributed by atoms with Gasteiger partial charge in [-0.15, -0.1) is 0 Å². The van der Waals surface area contributed by atoms with E-state index in [4.69, 9.17) is 9.26 Å². The second kappa shape index (κ2) is 5.29. The van der Waals surface area contributed by atoms with E-state index in [2.05, 4.69) is 25.8 Å². The maximum absolute atomic E-state index is 5.55. The molecule has 0 amide bonds. The molecule has 1 saturated heterocycles. The van der Waals surface area contributed by atoms with E-state index >= 15 is 0 Å². The number of ether oxygens (including phenoxy) is 1. The van der Waals surface area contributed by atoms with Crippen molar-refractivity contribution >= 4 is 11.0 Å². The van der Waals surface area contributed by atoms with Crippen molar-refractivity contribution in [3.63, 3.8) is 0 Å². The van der Waals surface area contributed by atoms with E-state index in [1.807, 2.05) is 24.5 Å². The maximum atomic E-state index is 5.55. The van der Waals surface area contributed by atoms with Gasteiger partial charge in [0.05, 0.1) is 17.4 Å². The van der Waals surface area contributed by atoms with Crippen LogP contribution in [0.4, 0.5) is 0 Å². The quantitative estimate of drug-likeness (QED) is 0.736. The van der Waals surface area contributed by atoms with Crippen LogP contribution in [0.15, 0.2) is 35.1 Å². The lowest BCUT2D eigenvalue weighted by Crippen LogP contribution is -2.02. The van der Waals surface area contributed by atoms with Gasteiger partial charge in [0.15, 0.2) is 5.82 Å². The molecule has 1 aliphatic heterocycles. The van der Waals surface area contributed by atoms with E-state index in [9.17, 15) is 0 Å². The Morgan fingerprint density at radius 1 is 1.29 bits per heavy atom. The minimum absolute atomic E-state index is 0.0136. The van der Waals surface area contributed by atoms with Crippen LogP contribution in [0.5, 0.6) is 0 Å². The first-order chi connectivity index (χ1) is 10.4. The van der Waals surface area contributed by atoms with Crippen LogP contribution in [-0.2, 0) is 17.7 Å². The molecule has 108 valence electrons. The Kier molecular flexibility index (Phi) is 3.16. The lowest BCUT2D eigenvalue weighted by Gasteiger charge is -2.01. The second-order valence-electron chi connectivity index (χ2n) is 5.23. The van der Waals surface area contributed by atoms with E-state index in [1.165, 1.54) is 0 Å². The smallest absolute Gasteiger partial charge is 0.255 e. The number of benzene rings is 1. The van der Waals surface area contributed by atoms with E-state index in [0.29, 0.717) is 5.89 Å². The minimum atomic E-state index is -0.0136. The van der Waals surface area contributed by atoms with Gasteiger partial charge in [-0.05, 0) is 25.0 Å². The number of imidazole rings is 1. The van der Waals surface area contributed by atoms with Crippen molar-refractivity contribution in [2.45, 2.75) is 31.9 Å². The summed E-state index contributed by atoms with van der Waals surface area (Å²) in [6.45, 7) is 1.56. The Bertz CT molecular complexity index is 743. The van der Waals surface area contributed by atoms with E-state index < -0.39 is 0 Å². The highest BCUT2D eigenvalue weighted by molar-refractivity contribution is 5.74. The fourth-order valence-corrected chi connectivity index (χ4v) is 2.68. The summed E-state index contributed by atoms with van der Waals surface area (Å²) in [4.78, 5) is 8.81. The van der Waals surface area contributed by atoms with Crippen LogP contribution in [0.3, 0.4) is 0 Å². The third kappa shape index (κ3) is 2.42. The molecule has 6 heteroatoms. The van der Waals surface area contributed by atoms with Crippen molar-refractivity contribution in [3.05, 3.63) is 42.3 Å². The number of fused-ring (bicyclic) bond motifs is 1. The van der Waals surface area contributed by atoms with Gasteiger partial charge in [0.1, 0.15) is 6.10 Å². The van der Waals surface area contributed by atoms with Crippen LogP contribution in [0.2, 0.25) is 0 Å². The molecule has 2 aromatic heterocycles. The van der Waals surface area contributed by atoms with Crippen molar-refractivity contribution in [1.82, 2.24) is 19.7 Å². The van der Waals surface area contributed by atoms with Gasteiger partial charge in [-0.25, -0.2) is 4.98 Å². The molecule has 6 nitrogen and oxygen atoms in total. The van der Waals surface area contributed by atoms with Gasteiger partial charge in [-0.3, -0.25) is 0 Å². The van der Waals surface area contributed by atoms with Crippen molar-refractivity contribution in [2.75, 3.05) is 6.61 Å². The highest BCUT2D eigenvalue weighted by Gasteiger charge is 2.23. The number of hydrogen-bond donors (Lipinski definition) is 0. The molecule has 3 heterocycles. The van der Waals surface area contributed by atoms with Gasteiger partial charge < -0.3 is 13.8 Å². The van der Waals surface area contributed by atoms with Crippen LogP contribution >= 0.6 is 0 Å². The van der Waals surface area contributed by atoms with Gasteiger partial charge >= 0.3 is 0 Å². The van der Waals surface area contributed by atoms with Crippen LogP contribution in [0.1, 0.15) is 30.7 Å². The number of aromatic nitrogens is 4. The monoisotopic (exact) mass is 284 g/mol.